The highest BCUT2D eigenvalue weighted by molar-refractivity contribution is 8.15. The maximum Gasteiger partial charge on any atom is 0.242 e. The van der Waals surface area contributed by atoms with E-state index in [0.717, 1.165) is 23.2 Å². The number of aryl methyl sites for hydroxylation is 2. The third kappa shape index (κ3) is 5.03. The van der Waals surface area contributed by atoms with E-state index in [-0.39, 0.29) is 18.0 Å². The van der Waals surface area contributed by atoms with Crippen molar-refractivity contribution in [1.29, 1.82) is 0 Å². The van der Waals surface area contributed by atoms with Crippen molar-refractivity contribution in [3.8, 4) is 0 Å². The lowest BCUT2D eigenvalue weighted by molar-refractivity contribution is -0.128. The molecule has 3 rings (SSSR count). The van der Waals surface area contributed by atoms with Gasteiger partial charge in [-0.2, -0.15) is 0 Å². The molecule has 0 saturated carbocycles. The number of benzene rings is 2. The number of nitrogens with zero attached hydrogens (tertiary/aromatic N) is 2. The Hall–Kier alpha value is -2.67. The fourth-order valence-electron chi connectivity index (χ4n) is 3.03. The van der Waals surface area contributed by atoms with Gasteiger partial charge in [0.1, 0.15) is 11.1 Å². The van der Waals surface area contributed by atoms with Gasteiger partial charge in [-0.25, -0.2) is 9.38 Å². The number of hydrogen-bond donors (Lipinski definition) is 1. The highest BCUT2D eigenvalue weighted by atomic mass is 32.2. The number of amides is 2. The van der Waals surface area contributed by atoms with Crippen molar-refractivity contribution in [2.24, 2.45) is 4.99 Å². The normalized spacial score (nSPS) is 17.8. The van der Waals surface area contributed by atoms with Gasteiger partial charge in [0, 0.05) is 13.0 Å². The fraction of sp³-hybridized carbons (Fsp3) is 0.318. The molecule has 0 bridgehead atoms. The molecule has 7 heteroatoms. The summed E-state index contributed by atoms with van der Waals surface area (Å²) in [5, 5.41) is 2.58. The summed E-state index contributed by atoms with van der Waals surface area (Å²) in [4.78, 5) is 31.6. The van der Waals surface area contributed by atoms with Crippen molar-refractivity contribution in [2.75, 3.05) is 11.9 Å². The topological polar surface area (TPSA) is 61.8 Å². The van der Waals surface area contributed by atoms with Crippen LogP contribution in [0.5, 0.6) is 0 Å². The second kappa shape index (κ2) is 9.22. The van der Waals surface area contributed by atoms with Gasteiger partial charge in [-0.1, -0.05) is 43.0 Å². The number of para-hydroxylation sites is 1. The number of thioether (sulfide) groups is 1. The first kappa shape index (κ1) is 21.0. The molecule has 0 aliphatic carbocycles. The molecular formula is C22H24FN3O2S. The summed E-state index contributed by atoms with van der Waals surface area (Å²) in [5.41, 5.74) is 3.04. The van der Waals surface area contributed by atoms with E-state index in [0.29, 0.717) is 11.7 Å². The lowest BCUT2D eigenvalue weighted by Crippen LogP contribution is -2.34. The van der Waals surface area contributed by atoms with E-state index in [9.17, 15) is 14.0 Å². The molecule has 152 valence electrons. The molecule has 2 amide bonds. The molecule has 1 aliphatic heterocycles. The molecule has 1 heterocycles. The molecule has 1 N–H and O–H groups in total. The van der Waals surface area contributed by atoms with Crippen molar-refractivity contribution in [3.05, 3.63) is 59.4 Å². The summed E-state index contributed by atoms with van der Waals surface area (Å²) in [6, 6.07) is 12.0. The monoisotopic (exact) mass is 413 g/mol. The maximum absolute atomic E-state index is 13.8. The number of hydrogen-bond acceptors (Lipinski definition) is 4. The van der Waals surface area contributed by atoms with Crippen LogP contribution in [0.3, 0.4) is 0 Å². The van der Waals surface area contributed by atoms with Crippen LogP contribution in [0.1, 0.15) is 30.9 Å². The first-order chi connectivity index (χ1) is 13.9. The Morgan fingerprint density at radius 2 is 2.00 bits per heavy atom. The average molecular weight is 414 g/mol. The minimum atomic E-state index is -0.572. The van der Waals surface area contributed by atoms with E-state index in [1.54, 1.807) is 17.0 Å². The van der Waals surface area contributed by atoms with E-state index in [2.05, 4.69) is 5.32 Å². The quantitative estimate of drug-likeness (QED) is 0.739. The Kier molecular flexibility index (Phi) is 6.69. The van der Waals surface area contributed by atoms with Crippen LogP contribution in [0, 0.1) is 19.7 Å². The number of carbonyl (C=O) groups excluding carboxylic acids is 2. The molecule has 1 aliphatic rings. The van der Waals surface area contributed by atoms with Gasteiger partial charge in [-0.3, -0.25) is 14.5 Å². The zero-order chi connectivity index (χ0) is 21.0. The molecule has 0 spiro atoms. The zero-order valence-electron chi connectivity index (χ0n) is 16.7. The molecule has 1 saturated heterocycles. The minimum Gasteiger partial charge on any atom is -0.324 e. The molecule has 29 heavy (non-hydrogen) atoms. The van der Waals surface area contributed by atoms with Gasteiger partial charge >= 0.3 is 0 Å². The van der Waals surface area contributed by atoms with Gasteiger partial charge < -0.3 is 5.32 Å². The lowest BCUT2D eigenvalue weighted by Gasteiger charge is -2.15. The first-order valence-electron chi connectivity index (χ1n) is 9.57. The maximum atomic E-state index is 13.8. The van der Waals surface area contributed by atoms with E-state index in [4.69, 9.17) is 4.99 Å². The summed E-state index contributed by atoms with van der Waals surface area (Å²) in [6.45, 7) is 6.51. The largest absolute Gasteiger partial charge is 0.324 e. The van der Waals surface area contributed by atoms with Crippen LogP contribution < -0.4 is 5.32 Å². The van der Waals surface area contributed by atoms with Gasteiger partial charge in [-0.15, -0.1) is 0 Å². The summed E-state index contributed by atoms with van der Waals surface area (Å²) in [5.74, 6) is -1.04. The molecular weight excluding hydrogens is 389 g/mol. The van der Waals surface area contributed by atoms with Crippen molar-refractivity contribution in [2.45, 2.75) is 38.9 Å². The van der Waals surface area contributed by atoms with Gasteiger partial charge in [0.25, 0.3) is 0 Å². The molecule has 2 aromatic carbocycles. The molecule has 5 nitrogen and oxygen atoms in total. The number of anilines is 1. The smallest absolute Gasteiger partial charge is 0.242 e. The van der Waals surface area contributed by atoms with Crippen LogP contribution in [0.25, 0.3) is 0 Å². The van der Waals surface area contributed by atoms with Gasteiger partial charge in [0.2, 0.25) is 11.8 Å². The van der Waals surface area contributed by atoms with Crippen LogP contribution in [-0.4, -0.2) is 33.7 Å². The number of amidine groups is 1. The molecule has 1 atom stereocenters. The molecule has 2 aromatic rings. The van der Waals surface area contributed by atoms with E-state index in [1.165, 1.54) is 23.9 Å². The predicted octanol–water partition coefficient (Wildman–Crippen LogP) is 4.81. The number of halogens is 1. The second-order valence-electron chi connectivity index (χ2n) is 7.01. The van der Waals surface area contributed by atoms with Crippen LogP contribution >= 0.6 is 11.8 Å². The third-order valence-electron chi connectivity index (χ3n) is 4.57. The van der Waals surface area contributed by atoms with E-state index >= 15 is 0 Å². The van der Waals surface area contributed by atoms with Gasteiger partial charge in [0.15, 0.2) is 5.17 Å². The summed E-state index contributed by atoms with van der Waals surface area (Å²) < 4.78 is 13.8. The van der Waals surface area contributed by atoms with Crippen molar-refractivity contribution in [1.82, 2.24) is 4.90 Å². The van der Waals surface area contributed by atoms with Crippen molar-refractivity contribution in [3.63, 3.8) is 0 Å². The van der Waals surface area contributed by atoms with Crippen molar-refractivity contribution < 1.29 is 14.0 Å². The number of rotatable bonds is 6. The molecule has 0 radical (unpaired) electrons. The molecule has 1 unspecified atom stereocenters. The third-order valence-corrected chi connectivity index (χ3v) is 5.74. The molecule has 1 fully saturated rings. The Balaban J connectivity index is 1.78. The average Bonchev–Trinajstić information content (AvgIpc) is 2.96. The fourth-order valence-corrected chi connectivity index (χ4v) is 4.21. The lowest BCUT2D eigenvalue weighted by atomic mass is 10.1. The van der Waals surface area contributed by atoms with E-state index < -0.39 is 17.0 Å². The summed E-state index contributed by atoms with van der Waals surface area (Å²) in [7, 11) is 0. The minimum absolute atomic E-state index is 0.0378. The van der Waals surface area contributed by atoms with Gasteiger partial charge in [-0.05, 0) is 49.6 Å². The zero-order valence-corrected chi connectivity index (χ0v) is 17.6. The van der Waals surface area contributed by atoms with E-state index in [1.807, 2.05) is 39.0 Å². The van der Waals surface area contributed by atoms with Crippen LogP contribution in [0.15, 0.2) is 47.5 Å². The summed E-state index contributed by atoms with van der Waals surface area (Å²) in [6.07, 6.45) is 0.746. The first-order valence-corrected chi connectivity index (χ1v) is 10.5. The summed E-state index contributed by atoms with van der Waals surface area (Å²) >= 11 is 1.29. The van der Waals surface area contributed by atoms with Crippen LogP contribution in [0.2, 0.25) is 0 Å². The standard InChI is InChI=1S/C22H24FN3O2S/c1-4-11-26-21(28)19(13-20(27)24-17-8-6-5-7-16(17)23)29-22(26)25-18-12-14(2)9-10-15(18)3/h5-10,12,19H,4,11,13H2,1-3H3,(H,24,27). The highest BCUT2D eigenvalue weighted by Gasteiger charge is 2.38. The Labute approximate surface area is 174 Å². The highest BCUT2D eigenvalue weighted by Crippen LogP contribution is 2.33. The Bertz CT molecular complexity index is 961. The Morgan fingerprint density at radius 3 is 2.72 bits per heavy atom. The number of carbonyl (C=O) groups is 2. The second-order valence-corrected chi connectivity index (χ2v) is 8.18. The van der Waals surface area contributed by atoms with Crippen LogP contribution in [-0.2, 0) is 9.59 Å². The Morgan fingerprint density at radius 1 is 1.24 bits per heavy atom. The SMILES string of the molecule is CCCN1C(=O)C(CC(=O)Nc2ccccc2F)SC1=Nc1cc(C)ccc1C. The molecule has 0 aromatic heterocycles. The van der Waals surface area contributed by atoms with Gasteiger partial charge in [0.05, 0.1) is 11.4 Å². The number of aliphatic imine (C=N–C) groups is 1. The number of nitrogens with one attached hydrogen (secondary N) is 1. The van der Waals surface area contributed by atoms with Crippen molar-refractivity contribution >= 4 is 40.1 Å². The van der Waals surface area contributed by atoms with Crippen LogP contribution in [0.4, 0.5) is 15.8 Å². The predicted molar refractivity (Wildman–Crippen MR) is 116 cm³/mol.